The van der Waals surface area contributed by atoms with Crippen molar-refractivity contribution in [2.45, 2.75) is 40.0 Å². The monoisotopic (exact) mass is 346 g/mol. The predicted molar refractivity (Wildman–Crippen MR) is 91.2 cm³/mol. The van der Waals surface area contributed by atoms with Crippen molar-refractivity contribution in [2.24, 2.45) is 21.8 Å². The number of hydrogen-bond acceptors (Lipinski definition) is 6. The van der Waals surface area contributed by atoms with Gasteiger partial charge in [0, 0.05) is 11.1 Å². The molecule has 2 aliphatic carbocycles. The SMILES string of the molecule is CC1(C)[C@H]2CC[C@]1(C)C(=NNC(=O)COc1cccnc1[N+](=O)[O-])C2. The van der Waals surface area contributed by atoms with Crippen LogP contribution in [-0.2, 0) is 4.79 Å². The Morgan fingerprint density at radius 1 is 1.52 bits per heavy atom. The van der Waals surface area contributed by atoms with Crippen molar-refractivity contribution in [3.05, 3.63) is 28.4 Å². The number of nitrogens with zero attached hydrogens (tertiary/aromatic N) is 3. The van der Waals surface area contributed by atoms with E-state index in [2.05, 4.69) is 36.3 Å². The van der Waals surface area contributed by atoms with Gasteiger partial charge in [-0.3, -0.25) is 4.79 Å². The summed E-state index contributed by atoms with van der Waals surface area (Å²) in [5, 5.41) is 15.2. The summed E-state index contributed by atoms with van der Waals surface area (Å²) in [5.41, 5.74) is 3.74. The molecule has 25 heavy (non-hydrogen) atoms. The number of pyridine rings is 1. The number of nitrogens with one attached hydrogen (secondary N) is 1. The average Bonchev–Trinajstić information content (AvgIpc) is 2.91. The van der Waals surface area contributed by atoms with Gasteiger partial charge in [-0.1, -0.05) is 20.8 Å². The lowest BCUT2D eigenvalue weighted by molar-refractivity contribution is -0.390. The minimum atomic E-state index is -0.647. The summed E-state index contributed by atoms with van der Waals surface area (Å²) in [6.45, 7) is 6.38. The molecule has 1 N–H and O–H groups in total. The van der Waals surface area contributed by atoms with Crippen LogP contribution in [0.3, 0.4) is 0 Å². The van der Waals surface area contributed by atoms with Gasteiger partial charge in [0.15, 0.2) is 6.61 Å². The van der Waals surface area contributed by atoms with Crippen LogP contribution in [0.1, 0.15) is 40.0 Å². The first-order chi connectivity index (χ1) is 11.8. The van der Waals surface area contributed by atoms with Crippen molar-refractivity contribution in [1.29, 1.82) is 0 Å². The third kappa shape index (κ3) is 2.85. The molecule has 0 unspecified atom stereocenters. The highest BCUT2D eigenvalue weighted by Crippen LogP contribution is 2.63. The van der Waals surface area contributed by atoms with Crippen molar-refractivity contribution in [2.75, 3.05) is 6.61 Å². The van der Waals surface area contributed by atoms with E-state index in [1.165, 1.54) is 24.8 Å². The Labute approximate surface area is 145 Å². The molecule has 2 saturated carbocycles. The van der Waals surface area contributed by atoms with Gasteiger partial charge in [-0.2, -0.15) is 5.10 Å². The molecule has 0 spiro atoms. The van der Waals surface area contributed by atoms with Crippen molar-refractivity contribution in [1.82, 2.24) is 10.4 Å². The lowest BCUT2D eigenvalue weighted by atomic mass is 9.70. The van der Waals surface area contributed by atoms with Gasteiger partial charge in [0.1, 0.15) is 6.20 Å². The van der Waals surface area contributed by atoms with Gasteiger partial charge < -0.3 is 14.9 Å². The number of ether oxygens (including phenoxy) is 1. The third-order valence-electron chi connectivity index (χ3n) is 6.11. The molecule has 2 atom stereocenters. The molecule has 1 aromatic heterocycles. The largest absolute Gasteiger partial charge is 0.476 e. The second-order valence-corrected chi connectivity index (χ2v) is 7.46. The van der Waals surface area contributed by atoms with Crippen LogP contribution in [0.25, 0.3) is 0 Å². The predicted octanol–water partition coefficient (Wildman–Crippen LogP) is 2.69. The van der Waals surface area contributed by atoms with Crippen LogP contribution in [0.4, 0.5) is 5.82 Å². The Balaban J connectivity index is 1.61. The minimum Gasteiger partial charge on any atom is -0.476 e. The molecule has 2 fully saturated rings. The normalized spacial score (nSPS) is 28.1. The fraction of sp³-hybridized carbons (Fsp3) is 0.588. The van der Waals surface area contributed by atoms with Gasteiger partial charge in [-0.05, 0) is 52.6 Å². The Kier molecular flexibility index (Phi) is 4.22. The Hall–Kier alpha value is -2.51. The summed E-state index contributed by atoms with van der Waals surface area (Å²) in [6.07, 6.45) is 4.48. The molecular weight excluding hydrogens is 324 g/mol. The lowest BCUT2D eigenvalue weighted by Gasteiger charge is -2.34. The number of rotatable bonds is 5. The molecule has 8 nitrogen and oxygen atoms in total. The zero-order chi connectivity index (χ0) is 18.2. The number of fused-ring (bicyclic) bond motifs is 2. The van der Waals surface area contributed by atoms with Crippen molar-refractivity contribution >= 4 is 17.4 Å². The Morgan fingerprint density at radius 2 is 2.28 bits per heavy atom. The summed E-state index contributed by atoms with van der Waals surface area (Å²) in [4.78, 5) is 25.9. The van der Waals surface area contributed by atoms with E-state index < -0.39 is 16.6 Å². The molecular formula is C17H22N4O4. The first-order valence-electron chi connectivity index (χ1n) is 8.34. The fourth-order valence-electron chi connectivity index (χ4n) is 4.03. The van der Waals surface area contributed by atoms with E-state index in [4.69, 9.17) is 4.74 Å². The molecule has 2 aliphatic rings. The summed E-state index contributed by atoms with van der Waals surface area (Å²) in [5.74, 6) is -0.301. The number of aromatic nitrogens is 1. The smallest absolute Gasteiger partial charge is 0.406 e. The second-order valence-electron chi connectivity index (χ2n) is 7.46. The number of carbonyl (C=O) groups is 1. The van der Waals surface area contributed by atoms with E-state index in [0.29, 0.717) is 5.92 Å². The summed E-state index contributed by atoms with van der Waals surface area (Å²) in [6, 6.07) is 2.92. The van der Waals surface area contributed by atoms with Crippen LogP contribution in [0, 0.1) is 26.9 Å². The van der Waals surface area contributed by atoms with Crippen LogP contribution in [-0.4, -0.2) is 28.1 Å². The van der Waals surface area contributed by atoms with Crippen molar-refractivity contribution in [3.63, 3.8) is 0 Å². The Bertz CT molecular complexity index is 746. The van der Waals surface area contributed by atoms with E-state index >= 15 is 0 Å². The molecule has 0 saturated heterocycles. The topological polar surface area (TPSA) is 107 Å². The Morgan fingerprint density at radius 3 is 2.88 bits per heavy atom. The van der Waals surface area contributed by atoms with Gasteiger partial charge in [0.25, 0.3) is 5.91 Å². The molecule has 3 rings (SSSR count). The lowest BCUT2D eigenvalue weighted by Crippen LogP contribution is -2.35. The third-order valence-corrected chi connectivity index (χ3v) is 6.11. The molecule has 0 aromatic carbocycles. The van der Waals surface area contributed by atoms with Gasteiger partial charge in [0.05, 0.1) is 0 Å². The maximum absolute atomic E-state index is 12.0. The number of hydrazone groups is 1. The zero-order valence-electron chi connectivity index (χ0n) is 14.6. The van der Waals surface area contributed by atoms with Gasteiger partial charge in [0.2, 0.25) is 5.75 Å². The zero-order valence-corrected chi connectivity index (χ0v) is 14.6. The number of nitro groups is 1. The van der Waals surface area contributed by atoms with Gasteiger partial charge in [-0.15, -0.1) is 0 Å². The molecule has 1 amide bonds. The van der Waals surface area contributed by atoms with Crippen molar-refractivity contribution < 1.29 is 14.5 Å². The number of carbonyl (C=O) groups excluding carboxylic acids is 1. The molecule has 1 aromatic rings. The first-order valence-corrected chi connectivity index (χ1v) is 8.34. The minimum absolute atomic E-state index is 0.00788. The van der Waals surface area contributed by atoms with E-state index in [1.807, 2.05) is 0 Å². The van der Waals surface area contributed by atoms with Crippen LogP contribution in [0.15, 0.2) is 23.4 Å². The van der Waals surface area contributed by atoms with Crippen molar-refractivity contribution in [3.8, 4) is 5.75 Å². The first kappa shape index (κ1) is 17.3. The van der Waals surface area contributed by atoms with Crippen LogP contribution in [0.2, 0.25) is 0 Å². The highest BCUT2D eigenvalue weighted by atomic mass is 16.6. The highest BCUT2D eigenvalue weighted by Gasteiger charge is 2.60. The molecule has 0 radical (unpaired) electrons. The summed E-state index contributed by atoms with van der Waals surface area (Å²) in [7, 11) is 0. The molecule has 134 valence electrons. The van der Waals surface area contributed by atoms with E-state index in [-0.39, 0.29) is 23.2 Å². The second kappa shape index (κ2) is 6.09. The summed E-state index contributed by atoms with van der Waals surface area (Å²) >= 11 is 0. The van der Waals surface area contributed by atoms with Crippen LogP contribution >= 0.6 is 0 Å². The van der Waals surface area contributed by atoms with Gasteiger partial charge in [-0.25, -0.2) is 5.43 Å². The molecule has 1 heterocycles. The fourth-order valence-corrected chi connectivity index (χ4v) is 4.03. The quantitative estimate of drug-likeness (QED) is 0.651. The van der Waals surface area contributed by atoms with E-state index in [0.717, 1.165) is 18.6 Å². The number of hydrogen-bond donors (Lipinski definition) is 1. The standard InChI is InChI=1S/C17H22N4O4/c1-16(2)11-6-7-17(16,3)13(9-11)19-20-14(22)10-25-12-5-4-8-18-15(12)21(23)24/h4-5,8,11H,6-7,9-10H2,1-3H3,(H,20,22)/t11-,17+/m0/s1. The van der Waals surface area contributed by atoms with Crippen LogP contribution < -0.4 is 10.2 Å². The average molecular weight is 346 g/mol. The molecule has 2 bridgehead atoms. The number of amides is 1. The van der Waals surface area contributed by atoms with Crippen LogP contribution in [0.5, 0.6) is 5.75 Å². The van der Waals surface area contributed by atoms with E-state index in [9.17, 15) is 14.9 Å². The maximum Gasteiger partial charge on any atom is 0.406 e. The van der Waals surface area contributed by atoms with E-state index in [1.54, 1.807) is 0 Å². The molecule has 0 aliphatic heterocycles. The maximum atomic E-state index is 12.0. The summed E-state index contributed by atoms with van der Waals surface area (Å²) < 4.78 is 5.22. The van der Waals surface area contributed by atoms with Gasteiger partial charge >= 0.3 is 5.82 Å². The highest BCUT2D eigenvalue weighted by molar-refractivity contribution is 5.95. The molecule has 8 heteroatoms.